The van der Waals surface area contributed by atoms with Crippen LogP contribution < -0.4 is 0 Å². The number of hydrogen-bond acceptors (Lipinski definition) is 0. The van der Waals surface area contributed by atoms with Crippen molar-refractivity contribution in [2.24, 2.45) is 0 Å². The van der Waals surface area contributed by atoms with Gasteiger partial charge < -0.3 is 0 Å². The van der Waals surface area contributed by atoms with E-state index in [9.17, 15) is 0 Å². The standard InChI is InChI=1S/C11H15I.Pr/c1-8-6-5-7-9(12)10(8)11(2,3)4;/h5-7H,1-4H3;. The molecule has 0 aromatic heterocycles. The Balaban J connectivity index is 0.00000144. The predicted molar refractivity (Wildman–Crippen MR) is 62.6 cm³/mol. The maximum absolute atomic E-state index is 2.41. The molecule has 0 fully saturated rings. The third kappa shape index (κ3) is 3.75. The van der Waals surface area contributed by atoms with Gasteiger partial charge in [0, 0.05) is 44.9 Å². The second-order valence-electron chi connectivity index (χ2n) is 4.18. The summed E-state index contributed by atoms with van der Waals surface area (Å²) in [5, 5.41) is 0. The summed E-state index contributed by atoms with van der Waals surface area (Å²) in [6.07, 6.45) is 0. The molecule has 0 aliphatic rings. The van der Waals surface area contributed by atoms with Crippen LogP contribution in [0.2, 0.25) is 0 Å². The molecule has 0 aliphatic carbocycles. The second-order valence-corrected chi connectivity index (χ2v) is 5.34. The molecule has 0 nitrogen and oxygen atoms in total. The number of aryl methyl sites for hydroxylation is 1. The van der Waals surface area contributed by atoms with E-state index in [1.54, 1.807) is 0 Å². The van der Waals surface area contributed by atoms with Crippen LogP contribution in [0.4, 0.5) is 0 Å². The first-order valence-electron chi connectivity index (χ1n) is 4.18. The van der Waals surface area contributed by atoms with Crippen LogP contribution in [0.3, 0.4) is 0 Å². The molecule has 0 saturated heterocycles. The zero-order valence-electron chi connectivity index (χ0n) is 8.69. The molecule has 0 spiro atoms. The Morgan fingerprint density at radius 3 is 2.00 bits per heavy atom. The van der Waals surface area contributed by atoms with E-state index in [-0.39, 0.29) is 46.7 Å². The normalized spacial score (nSPS) is 10.8. The molecule has 0 amide bonds. The Labute approximate surface area is 128 Å². The SMILES string of the molecule is Cc1cccc(I)c1C(C)(C)C.[Pr]. The van der Waals surface area contributed by atoms with Gasteiger partial charge in [0.1, 0.15) is 0 Å². The van der Waals surface area contributed by atoms with Crippen LogP contribution in [-0.4, -0.2) is 0 Å². The van der Waals surface area contributed by atoms with Crippen molar-refractivity contribution >= 4 is 22.6 Å². The molecule has 1 radical (unpaired) electrons. The molecule has 1 aromatic carbocycles. The number of rotatable bonds is 0. The summed E-state index contributed by atoms with van der Waals surface area (Å²) in [6.45, 7) is 8.97. The number of benzene rings is 1. The van der Waals surface area contributed by atoms with Crippen LogP contribution in [0.1, 0.15) is 31.9 Å². The van der Waals surface area contributed by atoms with Gasteiger partial charge in [0.25, 0.3) is 0 Å². The first kappa shape index (κ1) is 14.3. The minimum Gasteiger partial charge on any atom is -0.0609 e. The van der Waals surface area contributed by atoms with Gasteiger partial charge in [0.2, 0.25) is 0 Å². The molecule has 0 atom stereocenters. The molecule has 0 heterocycles. The van der Waals surface area contributed by atoms with Crippen LogP contribution in [0.15, 0.2) is 18.2 Å². The molecular weight excluding hydrogens is 400 g/mol. The quantitative estimate of drug-likeness (QED) is 0.565. The predicted octanol–water partition coefficient (Wildman–Crippen LogP) is 3.90. The summed E-state index contributed by atoms with van der Waals surface area (Å²) in [4.78, 5) is 0. The van der Waals surface area contributed by atoms with E-state index in [1.165, 1.54) is 14.7 Å². The van der Waals surface area contributed by atoms with Gasteiger partial charge in [-0.1, -0.05) is 32.9 Å². The first-order chi connectivity index (χ1) is 5.43. The van der Waals surface area contributed by atoms with Crippen molar-refractivity contribution in [3.63, 3.8) is 0 Å². The van der Waals surface area contributed by atoms with Gasteiger partial charge >= 0.3 is 0 Å². The average Bonchev–Trinajstić information content (AvgIpc) is 1.82. The van der Waals surface area contributed by atoms with Crippen molar-refractivity contribution in [2.45, 2.75) is 33.1 Å². The fraction of sp³-hybridized carbons (Fsp3) is 0.455. The van der Waals surface area contributed by atoms with E-state index in [0.29, 0.717) is 0 Å². The van der Waals surface area contributed by atoms with Gasteiger partial charge in [-0.15, -0.1) is 0 Å². The van der Waals surface area contributed by atoms with Crippen molar-refractivity contribution in [1.82, 2.24) is 0 Å². The smallest absolute Gasteiger partial charge is 0.0170 e. The van der Waals surface area contributed by atoms with Crippen LogP contribution in [0.25, 0.3) is 0 Å². The minimum atomic E-state index is 0. The van der Waals surface area contributed by atoms with Crippen molar-refractivity contribution in [3.8, 4) is 0 Å². The minimum absolute atomic E-state index is 0. The fourth-order valence-electron chi connectivity index (χ4n) is 1.58. The summed E-state index contributed by atoms with van der Waals surface area (Å²) < 4.78 is 1.38. The molecule has 13 heavy (non-hydrogen) atoms. The van der Waals surface area contributed by atoms with E-state index >= 15 is 0 Å². The number of halogens is 1. The first-order valence-corrected chi connectivity index (χ1v) is 5.26. The summed E-state index contributed by atoms with van der Waals surface area (Å²) in [6, 6.07) is 6.48. The zero-order chi connectivity index (χ0) is 9.35. The van der Waals surface area contributed by atoms with Crippen molar-refractivity contribution in [3.05, 3.63) is 32.9 Å². The van der Waals surface area contributed by atoms with Crippen molar-refractivity contribution in [1.29, 1.82) is 0 Å². The van der Waals surface area contributed by atoms with Gasteiger partial charge in [0.05, 0.1) is 0 Å². The maximum atomic E-state index is 2.41. The van der Waals surface area contributed by atoms with Crippen LogP contribution in [0.5, 0.6) is 0 Å². The average molecular weight is 415 g/mol. The van der Waals surface area contributed by atoms with Gasteiger partial charge in [-0.2, -0.15) is 0 Å². The summed E-state index contributed by atoms with van der Waals surface area (Å²) in [7, 11) is 0. The van der Waals surface area contributed by atoms with Crippen molar-refractivity contribution in [2.75, 3.05) is 0 Å². The van der Waals surface area contributed by atoms with E-state index in [1.807, 2.05) is 0 Å². The molecule has 0 N–H and O–H groups in total. The van der Waals surface area contributed by atoms with E-state index in [4.69, 9.17) is 0 Å². The Bertz CT molecular complexity index is 266. The monoisotopic (exact) mass is 415 g/mol. The molecule has 0 aliphatic heterocycles. The topological polar surface area (TPSA) is 0 Å². The van der Waals surface area contributed by atoms with E-state index in [2.05, 4.69) is 68.5 Å². The molecule has 69 valence electrons. The Hall–Kier alpha value is 1.31. The Morgan fingerprint density at radius 2 is 1.69 bits per heavy atom. The maximum Gasteiger partial charge on any atom is 0.0170 e. The molecule has 1 aromatic rings. The van der Waals surface area contributed by atoms with Gasteiger partial charge in [0.15, 0.2) is 0 Å². The van der Waals surface area contributed by atoms with Crippen molar-refractivity contribution < 1.29 is 41.3 Å². The van der Waals surface area contributed by atoms with E-state index < -0.39 is 0 Å². The van der Waals surface area contributed by atoms with E-state index in [0.717, 1.165) is 0 Å². The third-order valence-electron chi connectivity index (χ3n) is 1.97. The summed E-state index contributed by atoms with van der Waals surface area (Å²) in [5.41, 5.74) is 3.14. The zero-order valence-corrected chi connectivity index (χ0v) is 14.5. The van der Waals surface area contributed by atoms with Gasteiger partial charge in [-0.05, 0) is 52.1 Å². The molecule has 0 unspecified atom stereocenters. The van der Waals surface area contributed by atoms with Crippen LogP contribution in [0, 0.1) is 51.8 Å². The molecule has 2 heteroatoms. The number of hydrogen-bond donors (Lipinski definition) is 0. The molecule has 0 bridgehead atoms. The van der Waals surface area contributed by atoms with Crippen LogP contribution >= 0.6 is 22.6 Å². The third-order valence-corrected chi connectivity index (χ3v) is 2.87. The summed E-state index contributed by atoms with van der Waals surface area (Å²) in [5.74, 6) is 0. The largest absolute Gasteiger partial charge is 0.0609 e. The van der Waals surface area contributed by atoms with Gasteiger partial charge in [-0.3, -0.25) is 0 Å². The molecular formula is C11H15IPr. The molecule has 1 rings (SSSR count). The van der Waals surface area contributed by atoms with Gasteiger partial charge in [-0.25, -0.2) is 0 Å². The Kier molecular flexibility index (Phi) is 5.96. The fourth-order valence-corrected chi connectivity index (χ4v) is 3.02. The summed E-state index contributed by atoms with van der Waals surface area (Å²) >= 11 is 2.41. The van der Waals surface area contributed by atoms with Crippen LogP contribution in [-0.2, 0) is 5.41 Å². The Morgan fingerprint density at radius 1 is 1.15 bits per heavy atom. The molecule has 0 saturated carbocycles. The second kappa shape index (κ2) is 5.41.